The lowest BCUT2D eigenvalue weighted by molar-refractivity contribution is -0.121. The van der Waals surface area contributed by atoms with Crippen molar-refractivity contribution in [2.45, 2.75) is 78.4 Å². The van der Waals surface area contributed by atoms with E-state index in [1.54, 1.807) is 6.92 Å². The van der Waals surface area contributed by atoms with Gasteiger partial charge in [0.1, 0.15) is 5.78 Å². The second-order valence-corrected chi connectivity index (χ2v) is 9.26. The molecule has 0 aromatic heterocycles. The van der Waals surface area contributed by atoms with Crippen LogP contribution in [-0.4, -0.2) is 35.0 Å². The minimum absolute atomic E-state index is 0.0442. The monoisotopic (exact) mass is 360 g/mol. The summed E-state index contributed by atoms with van der Waals surface area (Å²) in [7, 11) is 0. The van der Waals surface area contributed by atoms with Crippen LogP contribution in [0.15, 0.2) is 22.8 Å². The Balaban J connectivity index is 1.99. The van der Waals surface area contributed by atoms with Crippen LogP contribution in [0.25, 0.3) is 0 Å². The maximum Gasteiger partial charge on any atom is 0.159 e. The van der Waals surface area contributed by atoms with Crippen molar-refractivity contribution in [3.8, 4) is 0 Å². The molecule has 5 atom stereocenters. The number of hydrogen-bond donors (Lipinski definition) is 1. The van der Waals surface area contributed by atoms with Gasteiger partial charge < -0.3 is 9.84 Å². The van der Waals surface area contributed by atoms with Crippen LogP contribution in [0.3, 0.4) is 0 Å². The summed E-state index contributed by atoms with van der Waals surface area (Å²) in [4.78, 5) is 24.9. The first-order valence-corrected chi connectivity index (χ1v) is 9.79. The predicted octanol–water partition coefficient (Wildman–Crippen LogP) is 3.77. The van der Waals surface area contributed by atoms with Gasteiger partial charge in [-0.25, -0.2) is 0 Å². The standard InChI is InChI=1S/C22H32O4/c1-13(2)19-17-7-9-22(5)20(26-22)16(14(3)24)10-15(12-23)6-8-21(17,4)11-18(19)25/h6,16-17,20,23H,7-12H2,1-5H3/b15-6-/t16-,17+,20-,21+,22-/m1/s1. The Bertz CT molecular complexity index is 684. The zero-order chi connectivity index (χ0) is 19.3. The van der Waals surface area contributed by atoms with Crippen molar-refractivity contribution < 1.29 is 19.4 Å². The number of fused-ring (bicyclic) bond motifs is 2. The number of aliphatic hydroxyl groups is 1. The molecule has 26 heavy (non-hydrogen) atoms. The first-order valence-electron chi connectivity index (χ1n) is 9.79. The number of rotatable bonds is 2. The van der Waals surface area contributed by atoms with Gasteiger partial charge in [-0.15, -0.1) is 0 Å². The van der Waals surface area contributed by atoms with E-state index in [2.05, 4.69) is 19.9 Å². The van der Waals surface area contributed by atoms with Crippen LogP contribution in [0.4, 0.5) is 0 Å². The van der Waals surface area contributed by atoms with E-state index in [0.29, 0.717) is 12.8 Å². The number of allylic oxidation sites excluding steroid dienone is 3. The maximum atomic E-state index is 12.7. The van der Waals surface area contributed by atoms with Crippen LogP contribution < -0.4 is 0 Å². The Kier molecular flexibility index (Phi) is 5.04. The van der Waals surface area contributed by atoms with Crippen LogP contribution in [0, 0.1) is 17.3 Å². The first-order chi connectivity index (χ1) is 12.1. The highest BCUT2D eigenvalue weighted by Gasteiger charge is 2.58. The number of carbonyl (C=O) groups is 2. The van der Waals surface area contributed by atoms with Crippen LogP contribution >= 0.6 is 0 Å². The topological polar surface area (TPSA) is 66.9 Å². The molecule has 0 radical (unpaired) electrons. The fourth-order valence-corrected chi connectivity index (χ4v) is 5.19. The highest BCUT2D eigenvalue weighted by molar-refractivity contribution is 5.99. The highest BCUT2D eigenvalue weighted by atomic mass is 16.6. The maximum absolute atomic E-state index is 12.7. The molecular formula is C22H32O4. The quantitative estimate of drug-likeness (QED) is 0.462. The Hall–Kier alpha value is -1.26. The number of carbonyl (C=O) groups excluding carboxylic acids is 2. The number of Topliss-reactive ketones (excluding diaryl/α,β-unsaturated/α-hetero) is 2. The van der Waals surface area contributed by atoms with Crippen LogP contribution in [0.1, 0.15) is 66.7 Å². The van der Waals surface area contributed by atoms with Gasteiger partial charge in [0.15, 0.2) is 5.78 Å². The molecule has 2 fully saturated rings. The molecule has 0 amide bonds. The van der Waals surface area contributed by atoms with Crippen molar-refractivity contribution in [3.63, 3.8) is 0 Å². The summed E-state index contributed by atoms with van der Waals surface area (Å²) in [5.41, 5.74) is 2.59. The van der Waals surface area contributed by atoms with Gasteiger partial charge in [-0.1, -0.05) is 18.6 Å². The molecule has 0 unspecified atom stereocenters. The van der Waals surface area contributed by atoms with E-state index in [1.807, 2.05) is 13.8 Å². The molecule has 1 aliphatic heterocycles. The molecule has 0 spiro atoms. The van der Waals surface area contributed by atoms with Gasteiger partial charge in [-0.3, -0.25) is 9.59 Å². The number of aliphatic hydroxyl groups excluding tert-OH is 1. The van der Waals surface area contributed by atoms with Crippen molar-refractivity contribution >= 4 is 11.6 Å². The van der Waals surface area contributed by atoms with Gasteiger partial charge in [0, 0.05) is 6.42 Å². The molecular weight excluding hydrogens is 328 g/mol. The number of ketones is 2. The Morgan fingerprint density at radius 3 is 2.58 bits per heavy atom. The normalized spacial score (nSPS) is 42.2. The van der Waals surface area contributed by atoms with Gasteiger partial charge in [0.25, 0.3) is 0 Å². The summed E-state index contributed by atoms with van der Waals surface area (Å²) in [6, 6.07) is 0. The fourth-order valence-electron chi connectivity index (χ4n) is 5.19. The van der Waals surface area contributed by atoms with E-state index in [9.17, 15) is 14.7 Å². The molecule has 3 aliphatic rings. The molecule has 144 valence electrons. The average molecular weight is 360 g/mol. The third-order valence-electron chi connectivity index (χ3n) is 6.89. The number of hydrogen-bond acceptors (Lipinski definition) is 4. The molecule has 0 bridgehead atoms. The first kappa shape index (κ1) is 19.5. The summed E-state index contributed by atoms with van der Waals surface area (Å²) in [5, 5.41) is 9.82. The third kappa shape index (κ3) is 3.34. The van der Waals surface area contributed by atoms with E-state index in [4.69, 9.17) is 4.74 Å². The molecule has 1 N–H and O–H groups in total. The van der Waals surface area contributed by atoms with Gasteiger partial charge in [0.2, 0.25) is 0 Å². The lowest BCUT2D eigenvalue weighted by Crippen LogP contribution is -2.26. The molecule has 0 aromatic rings. The minimum Gasteiger partial charge on any atom is -0.392 e. The van der Waals surface area contributed by atoms with Gasteiger partial charge >= 0.3 is 0 Å². The van der Waals surface area contributed by atoms with E-state index < -0.39 is 0 Å². The van der Waals surface area contributed by atoms with Gasteiger partial charge in [-0.05, 0) is 75.9 Å². The van der Waals surface area contributed by atoms with Crippen LogP contribution in [-0.2, 0) is 14.3 Å². The summed E-state index contributed by atoms with van der Waals surface area (Å²) >= 11 is 0. The lowest BCUT2D eigenvalue weighted by atomic mass is 9.72. The number of epoxide rings is 1. The third-order valence-corrected chi connectivity index (χ3v) is 6.89. The average Bonchev–Trinajstić information content (AvgIpc) is 3.12. The molecule has 4 heteroatoms. The molecule has 0 aromatic carbocycles. The highest BCUT2D eigenvalue weighted by Crippen LogP contribution is 2.54. The van der Waals surface area contributed by atoms with Crippen molar-refractivity contribution in [2.75, 3.05) is 6.61 Å². The summed E-state index contributed by atoms with van der Waals surface area (Å²) in [6.07, 6.45) is 5.65. The SMILES string of the molecule is CC(=O)[C@H]1C/C(CO)=C/C[C@@]2(C)CC(=O)C(=C(C)C)[C@@H]2CC[C@@]2(C)O[C@H]12. The second-order valence-electron chi connectivity index (χ2n) is 9.26. The molecule has 1 saturated carbocycles. The van der Waals surface area contributed by atoms with Crippen molar-refractivity contribution in [1.82, 2.24) is 0 Å². The van der Waals surface area contributed by atoms with E-state index in [1.165, 1.54) is 0 Å². The molecule has 4 nitrogen and oxygen atoms in total. The largest absolute Gasteiger partial charge is 0.392 e. The van der Waals surface area contributed by atoms with Crippen LogP contribution in [0.5, 0.6) is 0 Å². The Morgan fingerprint density at radius 2 is 2.00 bits per heavy atom. The molecule has 3 rings (SSSR count). The van der Waals surface area contributed by atoms with E-state index in [-0.39, 0.29) is 47.1 Å². The smallest absolute Gasteiger partial charge is 0.159 e. The summed E-state index contributed by atoms with van der Waals surface area (Å²) in [6.45, 7) is 9.93. The Morgan fingerprint density at radius 1 is 1.31 bits per heavy atom. The second kappa shape index (κ2) is 6.72. The summed E-state index contributed by atoms with van der Waals surface area (Å²) < 4.78 is 6.02. The fraction of sp³-hybridized carbons (Fsp3) is 0.727. The molecule has 1 heterocycles. The van der Waals surface area contributed by atoms with Crippen molar-refractivity contribution in [3.05, 3.63) is 22.8 Å². The van der Waals surface area contributed by atoms with E-state index in [0.717, 1.165) is 36.0 Å². The van der Waals surface area contributed by atoms with Crippen molar-refractivity contribution in [2.24, 2.45) is 17.3 Å². The van der Waals surface area contributed by atoms with Crippen LogP contribution in [0.2, 0.25) is 0 Å². The predicted molar refractivity (Wildman–Crippen MR) is 101 cm³/mol. The number of ether oxygens (including phenoxy) is 1. The zero-order valence-corrected chi connectivity index (χ0v) is 16.7. The minimum atomic E-state index is -0.291. The van der Waals surface area contributed by atoms with Gasteiger partial charge in [-0.2, -0.15) is 0 Å². The zero-order valence-electron chi connectivity index (χ0n) is 16.7. The summed E-state index contributed by atoms with van der Waals surface area (Å²) in [5.74, 6) is 0.429. The van der Waals surface area contributed by atoms with E-state index >= 15 is 0 Å². The lowest BCUT2D eigenvalue weighted by Gasteiger charge is -2.31. The van der Waals surface area contributed by atoms with Gasteiger partial charge in [0.05, 0.1) is 24.2 Å². The molecule has 2 aliphatic carbocycles. The molecule has 1 saturated heterocycles. The Labute approximate surface area is 156 Å². The van der Waals surface area contributed by atoms with Crippen molar-refractivity contribution in [1.29, 1.82) is 0 Å².